The minimum atomic E-state index is -0.122. The highest BCUT2D eigenvalue weighted by Gasteiger charge is 1.97. The number of aliphatic hydroxyl groups excluding tert-OH is 4. The Morgan fingerprint density at radius 1 is 0.367 bits per heavy atom. The molecule has 0 aliphatic heterocycles. The average molecular weight is 433 g/mol. The summed E-state index contributed by atoms with van der Waals surface area (Å²) in [5.74, 6) is 0. The third kappa shape index (κ3) is 35.3. The Hall–Kier alpha value is -0.160. The van der Waals surface area contributed by atoms with E-state index in [1.54, 1.807) is 0 Å². The Morgan fingerprint density at radius 3 is 0.767 bits per heavy atom. The first-order valence-electron chi connectivity index (χ1n) is 13.1. The maximum absolute atomic E-state index is 9.06. The maximum atomic E-state index is 9.06. The topological polar surface area (TPSA) is 80.9 Å². The van der Waals surface area contributed by atoms with Crippen molar-refractivity contribution < 1.29 is 20.4 Å². The summed E-state index contributed by atoms with van der Waals surface area (Å²) in [5.41, 5.74) is 0. The highest BCUT2D eigenvalue weighted by Crippen LogP contribution is 2.12. The first-order chi connectivity index (χ1) is 14.5. The van der Waals surface area contributed by atoms with Gasteiger partial charge >= 0.3 is 0 Å². The van der Waals surface area contributed by atoms with E-state index < -0.39 is 0 Å². The molecule has 2 unspecified atom stereocenters. The van der Waals surface area contributed by atoms with Crippen LogP contribution in [0.2, 0.25) is 0 Å². The minimum absolute atomic E-state index is 0.122. The molecule has 0 radical (unpaired) electrons. The number of aliphatic hydroxyl groups is 4. The third-order valence-electron chi connectivity index (χ3n) is 5.56. The van der Waals surface area contributed by atoms with Crippen LogP contribution in [0.5, 0.6) is 0 Å². The number of unbranched alkanes of at least 4 members (excludes halogenated alkanes) is 16. The van der Waals surface area contributed by atoms with E-state index in [0.29, 0.717) is 13.2 Å². The number of rotatable bonds is 22. The molecule has 30 heavy (non-hydrogen) atoms. The zero-order valence-electron chi connectivity index (χ0n) is 20.5. The van der Waals surface area contributed by atoms with Gasteiger partial charge in [0.15, 0.2) is 0 Å². The molecule has 184 valence electrons. The molecule has 0 aromatic carbocycles. The molecule has 0 aromatic rings. The third-order valence-corrected chi connectivity index (χ3v) is 5.56. The lowest BCUT2D eigenvalue weighted by atomic mass is 10.1. The van der Waals surface area contributed by atoms with Crippen LogP contribution in [0.15, 0.2) is 0 Å². The van der Waals surface area contributed by atoms with Crippen LogP contribution in [0.4, 0.5) is 0 Å². The second-order valence-electron chi connectivity index (χ2n) is 9.09. The van der Waals surface area contributed by atoms with Gasteiger partial charge in [-0.2, -0.15) is 0 Å². The second kappa shape index (κ2) is 28.8. The maximum Gasteiger partial charge on any atom is 0.0512 e. The van der Waals surface area contributed by atoms with Crippen molar-refractivity contribution in [3.8, 4) is 0 Å². The van der Waals surface area contributed by atoms with Crippen molar-refractivity contribution in [3.05, 3.63) is 0 Å². The summed E-state index contributed by atoms with van der Waals surface area (Å²) in [6.07, 6.45) is 24.0. The molecule has 0 aliphatic carbocycles. The van der Waals surface area contributed by atoms with Gasteiger partial charge in [0.05, 0.1) is 12.2 Å². The fourth-order valence-corrected chi connectivity index (χ4v) is 3.58. The van der Waals surface area contributed by atoms with E-state index in [-0.39, 0.29) is 12.2 Å². The molecule has 0 bridgehead atoms. The highest BCUT2D eigenvalue weighted by atomic mass is 16.3. The van der Waals surface area contributed by atoms with Crippen LogP contribution in [0.25, 0.3) is 0 Å². The van der Waals surface area contributed by atoms with E-state index in [1.807, 2.05) is 13.8 Å². The molecule has 0 heterocycles. The minimum Gasteiger partial charge on any atom is -0.396 e. The normalized spacial score (nSPS) is 13.0. The van der Waals surface area contributed by atoms with Crippen molar-refractivity contribution in [2.24, 2.45) is 0 Å². The van der Waals surface area contributed by atoms with E-state index >= 15 is 0 Å². The lowest BCUT2D eigenvalue weighted by Gasteiger charge is -2.04. The summed E-state index contributed by atoms with van der Waals surface area (Å²) in [4.78, 5) is 0. The highest BCUT2D eigenvalue weighted by molar-refractivity contribution is 4.51. The standard InChI is InChI=1S/2C13H28O2/c2*1-13(15)11-9-7-5-3-2-4-6-8-10-12-14/h2*13-15H,2-12H2,1H3. The molecule has 2 atom stereocenters. The second-order valence-corrected chi connectivity index (χ2v) is 9.09. The molecule has 0 saturated carbocycles. The average Bonchev–Trinajstić information content (AvgIpc) is 2.71. The monoisotopic (exact) mass is 432 g/mol. The van der Waals surface area contributed by atoms with Gasteiger partial charge < -0.3 is 20.4 Å². The Balaban J connectivity index is 0. The lowest BCUT2D eigenvalue weighted by Crippen LogP contribution is -1.98. The quantitative estimate of drug-likeness (QED) is 0.147. The molecule has 4 nitrogen and oxygen atoms in total. The molecular formula is C26H56O4. The summed E-state index contributed by atoms with van der Waals surface area (Å²) in [5, 5.41) is 35.3. The SMILES string of the molecule is CC(O)CCCCCCCCCCCO.CC(O)CCCCCCCCCCCO. The van der Waals surface area contributed by atoms with Crippen molar-refractivity contribution in [2.75, 3.05) is 13.2 Å². The van der Waals surface area contributed by atoms with Gasteiger partial charge in [-0.3, -0.25) is 0 Å². The Morgan fingerprint density at radius 2 is 0.567 bits per heavy atom. The molecule has 0 spiro atoms. The van der Waals surface area contributed by atoms with Crippen LogP contribution in [0.1, 0.15) is 142 Å². The van der Waals surface area contributed by atoms with Crippen LogP contribution in [0, 0.1) is 0 Å². The van der Waals surface area contributed by atoms with E-state index in [4.69, 9.17) is 20.4 Å². The lowest BCUT2D eigenvalue weighted by molar-refractivity contribution is 0.180. The molecule has 0 aromatic heterocycles. The van der Waals surface area contributed by atoms with Crippen molar-refractivity contribution >= 4 is 0 Å². The summed E-state index contributed by atoms with van der Waals surface area (Å²) in [7, 11) is 0. The van der Waals surface area contributed by atoms with Gasteiger partial charge in [-0.25, -0.2) is 0 Å². The molecule has 0 fully saturated rings. The van der Waals surface area contributed by atoms with Crippen molar-refractivity contribution in [3.63, 3.8) is 0 Å². The molecule has 4 N–H and O–H groups in total. The van der Waals surface area contributed by atoms with Crippen LogP contribution in [0.3, 0.4) is 0 Å². The molecule has 4 heteroatoms. The van der Waals surface area contributed by atoms with Crippen molar-refractivity contribution in [1.29, 1.82) is 0 Å². The summed E-state index contributed by atoms with van der Waals surface area (Å²) >= 11 is 0. The Kier molecular flexibility index (Phi) is 30.8. The number of hydrogen-bond acceptors (Lipinski definition) is 4. The van der Waals surface area contributed by atoms with Gasteiger partial charge in [-0.1, -0.05) is 103 Å². The van der Waals surface area contributed by atoms with Gasteiger partial charge in [-0.05, 0) is 39.5 Å². The predicted molar refractivity (Wildman–Crippen MR) is 130 cm³/mol. The van der Waals surface area contributed by atoms with Crippen LogP contribution in [-0.4, -0.2) is 45.8 Å². The zero-order valence-corrected chi connectivity index (χ0v) is 20.5. The predicted octanol–water partition coefficient (Wildman–Crippen LogP) is 6.52. The molecule has 0 saturated heterocycles. The summed E-state index contributed by atoms with van der Waals surface area (Å²) in [6, 6.07) is 0. The van der Waals surface area contributed by atoms with Gasteiger partial charge in [0.2, 0.25) is 0 Å². The van der Waals surface area contributed by atoms with Crippen LogP contribution < -0.4 is 0 Å². The molecule has 0 amide bonds. The van der Waals surface area contributed by atoms with Crippen molar-refractivity contribution in [2.45, 2.75) is 154 Å². The van der Waals surface area contributed by atoms with Gasteiger partial charge in [-0.15, -0.1) is 0 Å². The Bertz CT molecular complexity index is 254. The molecular weight excluding hydrogens is 376 g/mol. The van der Waals surface area contributed by atoms with E-state index in [2.05, 4.69) is 0 Å². The van der Waals surface area contributed by atoms with Gasteiger partial charge in [0.25, 0.3) is 0 Å². The molecule has 0 aliphatic rings. The summed E-state index contributed by atoms with van der Waals surface area (Å²) < 4.78 is 0. The molecule has 0 rings (SSSR count). The smallest absolute Gasteiger partial charge is 0.0512 e. The zero-order chi connectivity index (χ0) is 22.7. The van der Waals surface area contributed by atoms with Crippen molar-refractivity contribution in [1.82, 2.24) is 0 Å². The first kappa shape index (κ1) is 32.0. The largest absolute Gasteiger partial charge is 0.396 e. The van der Waals surface area contributed by atoms with E-state index in [1.165, 1.54) is 103 Å². The fourth-order valence-electron chi connectivity index (χ4n) is 3.58. The number of hydrogen-bond donors (Lipinski definition) is 4. The Labute approximate surface area is 188 Å². The van der Waals surface area contributed by atoms with Gasteiger partial charge in [0, 0.05) is 13.2 Å². The van der Waals surface area contributed by atoms with E-state index in [9.17, 15) is 0 Å². The first-order valence-corrected chi connectivity index (χ1v) is 13.1. The fraction of sp³-hybridized carbons (Fsp3) is 1.00. The summed E-state index contributed by atoms with van der Waals surface area (Å²) in [6.45, 7) is 4.42. The van der Waals surface area contributed by atoms with Crippen LogP contribution in [-0.2, 0) is 0 Å². The van der Waals surface area contributed by atoms with E-state index in [0.717, 1.165) is 25.7 Å². The van der Waals surface area contributed by atoms with Gasteiger partial charge in [0.1, 0.15) is 0 Å². The van der Waals surface area contributed by atoms with Crippen LogP contribution >= 0.6 is 0 Å².